The topological polar surface area (TPSA) is 42.4 Å². The van der Waals surface area contributed by atoms with Crippen LogP contribution in [-0.2, 0) is 11.2 Å². The highest BCUT2D eigenvalue weighted by molar-refractivity contribution is 5.69. The minimum Gasteiger partial charge on any atom is -0.444 e. The molecule has 1 aromatic heterocycles. The Bertz CT molecular complexity index is 587. The fraction of sp³-hybridized carbons (Fsp3) is 0.684. The lowest BCUT2D eigenvalue weighted by Gasteiger charge is -2.28. The molecule has 0 radical (unpaired) electrons. The van der Waals surface area contributed by atoms with Crippen molar-refractivity contribution in [2.75, 3.05) is 6.54 Å². The van der Waals surface area contributed by atoms with Gasteiger partial charge in [0, 0.05) is 24.0 Å². The van der Waals surface area contributed by atoms with Crippen LogP contribution in [0.1, 0.15) is 57.8 Å². The summed E-state index contributed by atoms with van der Waals surface area (Å²) in [6.07, 6.45) is 5.37. The molecule has 0 unspecified atom stereocenters. The Balaban J connectivity index is 1.65. The number of aryl methyl sites for hydroxylation is 2. The van der Waals surface area contributed by atoms with Crippen LogP contribution in [0.15, 0.2) is 18.2 Å². The number of amides is 1. The van der Waals surface area contributed by atoms with Crippen LogP contribution >= 0.6 is 0 Å². The summed E-state index contributed by atoms with van der Waals surface area (Å²) in [6.45, 7) is 8.68. The molecule has 1 amide bonds. The van der Waals surface area contributed by atoms with Crippen LogP contribution in [0.25, 0.3) is 0 Å². The molecule has 1 saturated carbocycles. The van der Waals surface area contributed by atoms with Gasteiger partial charge in [-0.15, -0.1) is 0 Å². The number of pyridine rings is 1. The molecule has 3 rings (SSSR count). The standard InChI is InChI=1S/C19H28N2O2/c1-14-6-5-7-15(20-14)8-9-16-12-19(10-11-19)13-21(16)17(22)23-18(2,3)4/h5-7,16H,8-13H2,1-4H3/t16-/m1/s1. The molecule has 4 heteroatoms. The number of carbonyl (C=O) groups excluding carboxylic acids is 1. The Morgan fingerprint density at radius 3 is 2.74 bits per heavy atom. The van der Waals surface area contributed by atoms with Gasteiger partial charge in [-0.2, -0.15) is 0 Å². The van der Waals surface area contributed by atoms with Gasteiger partial charge < -0.3 is 9.64 Å². The smallest absolute Gasteiger partial charge is 0.410 e. The number of nitrogens with zero attached hydrogens (tertiary/aromatic N) is 2. The maximum Gasteiger partial charge on any atom is 0.410 e. The lowest BCUT2D eigenvalue weighted by atomic mass is 9.99. The Hall–Kier alpha value is -1.58. The molecule has 0 bridgehead atoms. The van der Waals surface area contributed by atoms with E-state index in [2.05, 4.69) is 17.1 Å². The molecule has 23 heavy (non-hydrogen) atoms. The Morgan fingerprint density at radius 1 is 1.39 bits per heavy atom. The molecule has 0 aromatic carbocycles. The first kappa shape index (κ1) is 16.3. The third-order valence-corrected chi connectivity index (χ3v) is 4.88. The maximum atomic E-state index is 12.5. The van der Waals surface area contributed by atoms with E-state index in [9.17, 15) is 4.79 Å². The number of carbonyl (C=O) groups is 1. The molecule has 2 fully saturated rings. The van der Waals surface area contributed by atoms with Gasteiger partial charge in [-0.25, -0.2) is 4.79 Å². The minimum atomic E-state index is -0.432. The molecule has 126 valence electrons. The summed E-state index contributed by atoms with van der Waals surface area (Å²) in [4.78, 5) is 19.1. The summed E-state index contributed by atoms with van der Waals surface area (Å²) < 4.78 is 5.62. The molecule has 0 N–H and O–H groups in total. The first-order valence-corrected chi connectivity index (χ1v) is 8.69. The van der Waals surface area contributed by atoms with Gasteiger partial charge in [-0.05, 0) is 77.3 Å². The first-order valence-electron chi connectivity index (χ1n) is 8.69. The fourth-order valence-corrected chi connectivity index (χ4v) is 3.55. The Morgan fingerprint density at radius 2 is 2.13 bits per heavy atom. The second-order valence-corrected chi connectivity index (χ2v) is 8.28. The highest BCUT2D eigenvalue weighted by atomic mass is 16.6. The quantitative estimate of drug-likeness (QED) is 0.842. The van der Waals surface area contributed by atoms with Gasteiger partial charge in [0.25, 0.3) is 0 Å². The van der Waals surface area contributed by atoms with E-state index in [1.165, 1.54) is 12.8 Å². The summed E-state index contributed by atoms with van der Waals surface area (Å²) in [5.41, 5.74) is 2.13. The van der Waals surface area contributed by atoms with Crippen LogP contribution in [0.3, 0.4) is 0 Å². The molecule has 4 nitrogen and oxygen atoms in total. The highest BCUT2D eigenvalue weighted by Gasteiger charge is 2.53. The summed E-state index contributed by atoms with van der Waals surface area (Å²) >= 11 is 0. The maximum absolute atomic E-state index is 12.5. The zero-order chi connectivity index (χ0) is 16.7. The molecule has 1 saturated heterocycles. The van der Waals surface area contributed by atoms with Crippen molar-refractivity contribution in [2.24, 2.45) is 5.41 Å². The zero-order valence-corrected chi connectivity index (χ0v) is 14.8. The van der Waals surface area contributed by atoms with E-state index in [-0.39, 0.29) is 12.1 Å². The Labute approximate surface area is 139 Å². The molecule has 1 atom stereocenters. The first-order chi connectivity index (χ1) is 10.8. The van der Waals surface area contributed by atoms with Crippen LogP contribution in [0.4, 0.5) is 4.79 Å². The Kier molecular flexibility index (Phi) is 4.11. The third-order valence-electron chi connectivity index (χ3n) is 4.88. The van der Waals surface area contributed by atoms with E-state index in [0.717, 1.165) is 37.2 Å². The molecule has 1 aromatic rings. The van der Waals surface area contributed by atoms with E-state index < -0.39 is 5.60 Å². The van der Waals surface area contributed by atoms with E-state index in [1.807, 2.05) is 38.7 Å². The predicted molar refractivity (Wildman–Crippen MR) is 90.3 cm³/mol. The second-order valence-electron chi connectivity index (χ2n) is 8.28. The van der Waals surface area contributed by atoms with E-state index in [4.69, 9.17) is 4.74 Å². The average molecular weight is 316 g/mol. The minimum absolute atomic E-state index is 0.150. The van der Waals surface area contributed by atoms with Crippen LogP contribution in [0.2, 0.25) is 0 Å². The number of likely N-dealkylation sites (tertiary alicyclic amines) is 1. The monoisotopic (exact) mass is 316 g/mol. The molecule has 1 aliphatic carbocycles. The average Bonchev–Trinajstić information content (AvgIpc) is 3.07. The summed E-state index contributed by atoms with van der Waals surface area (Å²) in [6, 6.07) is 6.44. The van der Waals surface area contributed by atoms with Crippen molar-refractivity contribution in [3.05, 3.63) is 29.6 Å². The van der Waals surface area contributed by atoms with Crippen molar-refractivity contribution in [2.45, 2.75) is 71.4 Å². The van der Waals surface area contributed by atoms with Crippen LogP contribution < -0.4 is 0 Å². The lowest BCUT2D eigenvalue weighted by molar-refractivity contribution is 0.0214. The van der Waals surface area contributed by atoms with Crippen molar-refractivity contribution in [1.29, 1.82) is 0 Å². The lowest BCUT2D eigenvalue weighted by Crippen LogP contribution is -2.40. The van der Waals surface area contributed by atoms with Crippen molar-refractivity contribution in [1.82, 2.24) is 9.88 Å². The van der Waals surface area contributed by atoms with Crippen LogP contribution in [0, 0.1) is 12.3 Å². The number of aromatic nitrogens is 1. The zero-order valence-electron chi connectivity index (χ0n) is 14.8. The molecule has 1 spiro atoms. The van der Waals surface area contributed by atoms with Crippen molar-refractivity contribution < 1.29 is 9.53 Å². The van der Waals surface area contributed by atoms with Gasteiger partial charge >= 0.3 is 6.09 Å². The van der Waals surface area contributed by atoms with Crippen molar-refractivity contribution in [3.8, 4) is 0 Å². The van der Waals surface area contributed by atoms with E-state index >= 15 is 0 Å². The molecular formula is C19H28N2O2. The van der Waals surface area contributed by atoms with Gasteiger partial charge in [0.05, 0.1) is 0 Å². The number of rotatable bonds is 3. The van der Waals surface area contributed by atoms with Crippen LogP contribution in [0.5, 0.6) is 0 Å². The SMILES string of the molecule is Cc1cccc(CC[C@@H]2CC3(CC3)CN2C(=O)OC(C)(C)C)n1. The van der Waals surface area contributed by atoms with E-state index in [1.54, 1.807) is 0 Å². The van der Waals surface area contributed by atoms with Gasteiger partial charge in [0.15, 0.2) is 0 Å². The van der Waals surface area contributed by atoms with Gasteiger partial charge in [-0.1, -0.05) is 6.07 Å². The molecule has 1 aliphatic heterocycles. The normalized spacial score (nSPS) is 22.4. The predicted octanol–water partition coefficient (Wildman–Crippen LogP) is 4.11. The molecular weight excluding hydrogens is 288 g/mol. The van der Waals surface area contributed by atoms with E-state index in [0.29, 0.717) is 5.41 Å². The second kappa shape index (κ2) is 5.81. The third kappa shape index (κ3) is 4.04. The number of hydrogen-bond donors (Lipinski definition) is 0. The number of hydrogen-bond acceptors (Lipinski definition) is 3. The van der Waals surface area contributed by atoms with Crippen LogP contribution in [-0.4, -0.2) is 34.2 Å². The summed E-state index contributed by atoms with van der Waals surface area (Å²) in [7, 11) is 0. The largest absolute Gasteiger partial charge is 0.444 e. The molecule has 2 heterocycles. The summed E-state index contributed by atoms with van der Waals surface area (Å²) in [5, 5.41) is 0. The number of ether oxygens (including phenoxy) is 1. The molecule has 2 aliphatic rings. The highest BCUT2D eigenvalue weighted by Crippen LogP contribution is 2.55. The summed E-state index contributed by atoms with van der Waals surface area (Å²) in [5.74, 6) is 0. The van der Waals surface area contributed by atoms with Gasteiger partial charge in [-0.3, -0.25) is 4.98 Å². The van der Waals surface area contributed by atoms with Gasteiger partial charge in [0.1, 0.15) is 5.60 Å². The van der Waals surface area contributed by atoms with Crippen molar-refractivity contribution >= 4 is 6.09 Å². The fourth-order valence-electron chi connectivity index (χ4n) is 3.55. The van der Waals surface area contributed by atoms with Crippen molar-refractivity contribution in [3.63, 3.8) is 0 Å². The van der Waals surface area contributed by atoms with Gasteiger partial charge in [0.2, 0.25) is 0 Å².